The molecular formula is C17H25F6IN4O. The van der Waals surface area contributed by atoms with Gasteiger partial charge in [-0.15, -0.1) is 24.0 Å². The van der Waals surface area contributed by atoms with Gasteiger partial charge in [-0.3, -0.25) is 9.89 Å². The SMILES string of the molecule is CN=C(NCCN(C)CC(F)(F)F)NCc1ccc(COCC(F)(F)F)cc1.I. The predicted octanol–water partition coefficient (Wildman–Crippen LogP) is 3.54. The highest BCUT2D eigenvalue weighted by atomic mass is 127. The summed E-state index contributed by atoms with van der Waals surface area (Å²) in [6, 6.07) is 6.80. The molecule has 2 N–H and O–H groups in total. The molecule has 0 radical (unpaired) electrons. The Balaban J connectivity index is 0.00000784. The highest BCUT2D eigenvalue weighted by molar-refractivity contribution is 14.0. The van der Waals surface area contributed by atoms with Crippen LogP contribution in [0, 0.1) is 0 Å². The molecule has 29 heavy (non-hydrogen) atoms. The molecular weight excluding hydrogens is 517 g/mol. The van der Waals surface area contributed by atoms with Gasteiger partial charge in [-0.2, -0.15) is 26.3 Å². The number of hydrogen-bond donors (Lipinski definition) is 2. The van der Waals surface area contributed by atoms with E-state index < -0.39 is 25.5 Å². The second-order valence-electron chi connectivity index (χ2n) is 6.13. The van der Waals surface area contributed by atoms with Crippen molar-refractivity contribution in [2.75, 3.05) is 40.3 Å². The van der Waals surface area contributed by atoms with Gasteiger partial charge >= 0.3 is 12.4 Å². The van der Waals surface area contributed by atoms with E-state index in [0.717, 1.165) is 10.5 Å². The van der Waals surface area contributed by atoms with Crippen LogP contribution in [0.2, 0.25) is 0 Å². The molecule has 0 spiro atoms. The first kappa shape index (κ1) is 27.7. The molecule has 0 unspecified atom stereocenters. The predicted molar refractivity (Wildman–Crippen MR) is 109 cm³/mol. The normalized spacial score (nSPS) is 12.7. The number of hydrogen-bond acceptors (Lipinski definition) is 3. The average molecular weight is 542 g/mol. The summed E-state index contributed by atoms with van der Waals surface area (Å²) < 4.78 is 77.5. The molecule has 1 aromatic rings. The number of halogens is 7. The minimum Gasteiger partial charge on any atom is -0.367 e. The van der Waals surface area contributed by atoms with E-state index in [1.165, 1.54) is 14.1 Å². The summed E-state index contributed by atoms with van der Waals surface area (Å²) in [7, 11) is 2.92. The molecule has 0 saturated heterocycles. The van der Waals surface area contributed by atoms with Crippen molar-refractivity contribution >= 4 is 29.9 Å². The Morgan fingerprint density at radius 1 is 1.00 bits per heavy atom. The summed E-state index contributed by atoms with van der Waals surface area (Å²) in [4.78, 5) is 5.14. The van der Waals surface area contributed by atoms with Crippen molar-refractivity contribution in [2.24, 2.45) is 4.99 Å². The Kier molecular flexibility index (Phi) is 12.5. The zero-order chi connectivity index (χ0) is 21.2. The third-order valence-corrected chi connectivity index (χ3v) is 3.48. The van der Waals surface area contributed by atoms with Crippen LogP contribution in [0.4, 0.5) is 26.3 Å². The maximum atomic E-state index is 12.3. The first-order chi connectivity index (χ1) is 13.0. The lowest BCUT2D eigenvalue weighted by Crippen LogP contribution is -2.42. The van der Waals surface area contributed by atoms with Crippen molar-refractivity contribution in [1.82, 2.24) is 15.5 Å². The van der Waals surface area contributed by atoms with Crippen LogP contribution in [-0.4, -0.2) is 63.5 Å². The van der Waals surface area contributed by atoms with Gasteiger partial charge < -0.3 is 15.4 Å². The van der Waals surface area contributed by atoms with E-state index in [4.69, 9.17) is 0 Å². The van der Waals surface area contributed by atoms with Gasteiger partial charge in [0, 0.05) is 26.7 Å². The zero-order valence-corrected chi connectivity index (χ0v) is 18.4. The van der Waals surface area contributed by atoms with Crippen molar-refractivity contribution in [3.05, 3.63) is 35.4 Å². The van der Waals surface area contributed by atoms with E-state index in [1.54, 1.807) is 24.3 Å². The van der Waals surface area contributed by atoms with Crippen LogP contribution in [0.15, 0.2) is 29.3 Å². The summed E-state index contributed by atoms with van der Waals surface area (Å²) in [5.74, 6) is 0.429. The number of nitrogens with zero attached hydrogens (tertiary/aromatic N) is 2. The minimum atomic E-state index is -4.35. The summed E-state index contributed by atoms with van der Waals surface area (Å²) in [5.41, 5.74) is 1.47. The lowest BCUT2D eigenvalue weighted by molar-refractivity contribution is -0.176. The lowest BCUT2D eigenvalue weighted by Gasteiger charge is -2.19. The fraction of sp³-hybridized carbons (Fsp3) is 0.588. The molecule has 1 aromatic carbocycles. The molecule has 0 aliphatic carbocycles. The first-order valence-corrected chi connectivity index (χ1v) is 8.40. The van der Waals surface area contributed by atoms with Gasteiger partial charge in [-0.05, 0) is 18.2 Å². The van der Waals surface area contributed by atoms with Gasteiger partial charge in [0.1, 0.15) is 6.61 Å². The molecule has 0 atom stereocenters. The number of guanidine groups is 1. The van der Waals surface area contributed by atoms with E-state index in [-0.39, 0.29) is 43.7 Å². The number of nitrogens with one attached hydrogen (secondary N) is 2. The van der Waals surface area contributed by atoms with Crippen molar-refractivity contribution in [2.45, 2.75) is 25.5 Å². The van der Waals surface area contributed by atoms with E-state index >= 15 is 0 Å². The number of ether oxygens (including phenoxy) is 1. The molecule has 1 rings (SSSR count). The van der Waals surface area contributed by atoms with Crippen LogP contribution in [-0.2, 0) is 17.9 Å². The fourth-order valence-electron chi connectivity index (χ4n) is 2.19. The summed E-state index contributed by atoms with van der Waals surface area (Å²) in [6.07, 6.45) is -8.59. The van der Waals surface area contributed by atoms with Gasteiger partial charge in [-0.25, -0.2) is 0 Å². The van der Waals surface area contributed by atoms with Crippen LogP contribution >= 0.6 is 24.0 Å². The topological polar surface area (TPSA) is 48.9 Å². The zero-order valence-electron chi connectivity index (χ0n) is 16.0. The minimum absolute atomic E-state index is 0. The Morgan fingerprint density at radius 2 is 1.59 bits per heavy atom. The van der Waals surface area contributed by atoms with Gasteiger partial charge in [0.05, 0.1) is 13.2 Å². The van der Waals surface area contributed by atoms with E-state index in [1.807, 2.05) is 0 Å². The molecule has 5 nitrogen and oxygen atoms in total. The molecule has 0 heterocycles. The van der Waals surface area contributed by atoms with Crippen LogP contribution in [0.25, 0.3) is 0 Å². The molecule has 0 bridgehead atoms. The van der Waals surface area contributed by atoms with E-state index in [0.29, 0.717) is 18.1 Å². The number of benzene rings is 1. The Bertz CT molecular complexity index is 607. The van der Waals surface area contributed by atoms with Gasteiger partial charge in [0.2, 0.25) is 0 Å². The number of aliphatic imine (C=N–C) groups is 1. The molecule has 12 heteroatoms. The second kappa shape index (κ2) is 13.1. The summed E-state index contributed by atoms with van der Waals surface area (Å²) in [6.45, 7) is -1.56. The lowest BCUT2D eigenvalue weighted by atomic mass is 10.1. The molecule has 0 amide bonds. The smallest absolute Gasteiger partial charge is 0.367 e. The van der Waals surface area contributed by atoms with Crippen molar-refractivity contribution in [3.63, 3.8) is 0 Å². The molecule has 0 aromatic heterocycles. The monoisotopic (exact) mass is 542 g/mol. The van der Waals surface area contributed by atoms with E-state index in [9.17, 15) is 26.3 Å². The number of alkyl halides is 6. The maximum absolute atomic E-state index is 12.3. The Hall–Kier alpha value is -1.28. The van der Waals surface area contributed by atoms with E-state index in [2.05, 4.69) is 20.4 Å². The second-order valence-corrected chi connectivity index (χ2v) is 6.13. The first-order valence-electron chi connectivity index (χ1n) is 8.40. The molecule has 168 valence electrons. The van der Waals surface area contributed by atoms with Gasteiger partial charge in [-0.1, -0.05) is 24.3 Å². The van der Waals surface area contributed by atoms with Crippen molar-refractivity contribution in [1.29, 1.82) is 0 Å². The summed E-state index contributed by atoms with van der Waals surface area (Å²) >= 11 is 0. The van der Waals surface area contributed by atoms with Crippen molar-refractivity contribution in [3.8, 4) is 0 Å². The molecule has 0 aliphatic rings. The highest BCUT2D eigenvalue weighted by Crippen LogP contribution is 2.16. The largest absolute Gasteiger partial charge is 0.411 e. The van der Waals surface area contributed by atoms with Crippen LogP contribution < -0.4 is 10.6 Å². The maximum Gasteiger partial charge on any atom is 0.411 e. The van der Waals surface area contributed by atoms with Crippen molar-refractivity contribution < 1.29 is 31.1 Å². The van der Waals surface area contributed by atoms with Gasteiger partial charge in [0.25, 0.3) is 0 Å². The standard InChI is InChI=1S/C17H24F6N4O.HI/c1-24-15(25-7-8-27(2)11-16(18,19)20)26-9-13-3-5-14(6-4-13)10-28-12-17(21,22)23;/h3-6H,7-12H2,1-2H3,(H2,24,25,26);1H. The third kappa shape index (κ3) is 14.4. The third-order valence-electron chi connectivity index (χ3n) is 3.48. The Labute approximate surface area is 182 Å². The highest BCUT2D eigenvalue weighted by Gasteiger charge is 2.29. The molecule has 0 aliphatic heterocycles. The number of likely N-dealkylation sites (N-methyl/N-ethyl adjacent to an activating group) is 1. The number of rotatable bonds is 9. The quantitative estimate of drug-likeness (QED) is 0.217. The molecule has 0 saturated carbocycles. The summed E-state index contributed by atoms with van der Waals surface area (Å²) in [5, 5.41) is 5.92. The average Bonchev–Trinajstić information content (AvgIpc) is 2.56. The van der Waals surface area contributed by atoms with Crippen LogP contribution in [0.3, 0.4) is 0 Å². The van der Waals surface area contributed by atoms with Gasteiger partial charge in [0.15, 0.2) is 5.96 Å². The van der Waals surface area contributed by atoms with Crippen LogP contribution in [0.5, 0.6) is 0 Å². The fourth-order valence-corrected chi connectivity index (χ4v) is 2.19. The molecule has 0 fully saturated rings. The Morgan fingerprint density at radius 3 is 2.10 bits per heavy atom. The van der Waals surface area contributed by atoms with Crippen LogP contribution in [0.1, 0.15) is 11.1 Å².